The summed E-state index contributed by atoms with van der Waals surface area (Å²) in [4.78, 5) is 28.7. The molecule has 1 saturated heterocycles. The van der Waals surface area contributed by atoms with Gasteiger partial charge in [0, 0.05) is 26.2 Å². The van der Waals surface area contributed by atoms with Crippen LogP contribution in [0.3, 0.4) is 0 Å². The van der Waals surface area contributed by atoms with Crippen LogP contribution in [0.1, 0.15) is 45.6 Å². The molecule has 1 heterocycles. The average Bonchev–Trinajstić information content (AvgIpc) is 2.74. The van der Waals surface area contributed by atoms with Crippen LogP contribution in [0.15, 0.2) is 24.3 Å². The Labute approximate surface area is 180 Å². The van der Waals surface area contributed by atoms with Crippen LogP contribution in [-0.4, -0.2) is 61.0 Å². The van der Waals surface area contributed by atoms with Crippen molar-refractivity contribution >= 4 is 11.9 Å². The number of nitrogens with one attached hydrogen (secondary N) is 2. The van der Waals surface area contributed by atoms with Crippen molar-refractivity contribution in [1.82, 2.24) is 20.4 Å². The first-order valence-electron chi connectivity index (χ1n) is 11.1. The summed E-state index contributed by atoms with van der Waals surface area (Å²) in [6.07, 6.45) is 3.25. The number of likely N-dealkylation sites (tertiary alicyclic amines) is 1. The number of urea groups is 1. The normalized spacial score (nSPS) is 14.9. The van der Waals surface area contributed by atoms with Gasteiger partial charge in [0.15, 0.2) is 0 Å². The first-order valence-corrected chi connectivity index (χ1v) is 11.1. The van der Waals surface area contributed by atoms with Gasteiger partial charge in [-0.2, -0.15) is 0 Å². The highest BCUT2D eigenvalue weighted by atomic mass is 19.1. The molecule has 1 aliphatic heterocycles. The molecule has 30 heavy (non-hydrogen) atoms. The van der Waals surface area contributed by atoms with E-state index in [0.717, 1.165) is 51.1 Å². The van der Waals surface area contributed by atoms with E-state index in [1.165, 1.54) is 18.6 Å². The third-order valence-electron chi connectivity index (χ3n) is 5.66. The Balaban J connectivity index is 1.61. The number of hydrogen-bond acceptors (Lipinski definition) is 3. The summed E-state index contributed by atoms with van der Waals surface area (Å²) in [6, 6.07) is 5.55. The van der Waals surface area contributed by atoms with E-state index in [-0.39, 0.29) is 24.8 Å². The highest BCUT2D eigenvalue weighted by Gasteiger charge is 2.23. The number of piperidine rings is 1. The molecule has 0 saturated carbocycles. The van der Waals surface area contributed by atoms with Gasteiger partial charge in [-0.1, -0.05) is 32.9 Å². The van der Waals surface area contributed by atoms with Crippen molar-refractivity contribution in [3.63, 3.8) is 0 Å². The smallest absolute Gasteiger partial charge is 0.315 e. The minimum Gasteiger partial charge on any atom is -0.341 e. The zero-order valence-corrected chi connectivity index (χ0v) is 18.6. The molecular weight excluding hydrogens is 383 g/mol. The fourth-order valence-corrected chi connectivity index (χ4v) is 3.85. The third kappa shape index (κ3) is 8.69. The molecule has 0 unspecified atom stereocenters. The van der Waals surface area contributed by atoms with Crippen molar-refractivity contribution in [1.29, 1.82) is 0 Å². The Hall–Kier alpha value is -2.15. The fourth-order valence-electron chi connectivity index (χ4n) is 3.85. The van der Waals surface area contributed by atoms with E-state index in [9.17, 15) is 14.0 Å². The van der Waals surface area contributed by atoms with Gasteiger partial charge in [-0.05, 0) is 61.9 Å². The van der Waals surface area contributed by atoms with Crippen LogP contribution in [0.5, 0.6) is 0 Å². The second kappa shape index (κ2) is 12.5. The number of benzene rings is 1. The second-order valence-electron chi connectivity index (χ2n) is 8.56. The van der Waals surface area contributed by atoms with Gasteiger partial charge < -0.3 is 20.4 Å². The molecule has 0 atom stereocenters. The Morgan fingerprint density at radius 2 is 1.83 bits per heavy atom. The van der Waals surface area contributed by atoms with Crippen LogP contribution < -0.4 is 10.6 Å². The van der Waals surface area contributed by atoms with Crippen molar-refractivity contribution in [2.24, 2.45) is 11.8 Å². The molecule has 1 aliphatic rings. The minimum absolute atomic E-state index is 0.00206. The number of carbonyl (C=O) groups excluding carboxylic acids is 2. The van der Waals surface area contributed by atoms with Gasteiger partial charge >= 0.3 is 6.03 Å². The van der Waals surface area contributed by atoms with E-state index >= 15 is 0 Å². The molecule has 0 radical (unpaired) electrons. The molecule has 6 nitrogen and oxygen atoms in total. The predicted molar refractivity (Wildman–Crippen MR) is 118 cm³/mol. The zero-order chi connectivity index (χ0) is 21.9. The minimum atomic E-state index is -0.396. The van der Waals surface area contributed by atoms with E-state index in [0.29, 0.717) is 11.8 Å². The topological polar surface area (TPSA) is 64.7 Å². The molecule has 168 valence electrons. The maximum Gasteiger partial charge on any atom is 0.315 e. The van der Waals surface area contributed by atoms with Gasteiger partial charge in [0.05, 0.1) is 6.54 Å². The lowest BCUT2D eigenvalue weighted by atomic mass is 9.93. The number of hydrogen-bond donors (Lipinski definition) is 2. The van der Waals surface area contributed by atoms with E-state index < -0.39 is 6.03 Å². The van der Waals surface area contributed by atoms with E-state index in [1.807, 2.05) is 4.90 Å². The molecule has 0 bridgehead atoms. The molecule has 1 aromatic rings. The Morgan fingerprint density at radius 3 is 2.43 bits per heavy atom. The summed E-state index contributed by atoms with van der Waals surface area (Å²) < 4.78 is 12.9. The van der Waals surface area contributed by atoms with Crippen molar-refractivity contribution in [2.75, 3.05) is 39.3 Å². The zero-order valence-electron chi connectivity index (χ0n) is 18.6. The monoisotopic (exact) mass is 420 g/mol. The summed E-state index contributed by atoms with van der Waals surface area (Å²) in [5.74, 6) is 1.00. The van der Waals surface area contributed by atoms with Gasteiger partial charge in [0.25, 0.3) is 0 Å². The Morgan fingerprint density at radius 1 is 1.17 bits per heavy atom. The number of halogens is 1. The van der Waals surface area contributed by atoms with Gasteiger partial charge in [-0.25, -0.2) is 9.18 Å². The van der Waals surface area contributed by atoms with Gasteiger partial charge in [-0.15, -0.1) is 0 Å². The summed E-state index contributed by atoms with van der Waals surface area (Å²) in [7, 11) is 0. The molecule has 2 N–H and O–H groups in total. The maximum absolute atomic E-state index is 12.9. The van der Waals surface area contributed by atoms with Crippen molar-refractivity contribution in [3.05, 3.63) is 35.6 Å². The van der Waals surface area contributed by atoms with Crippen molar-refractivity contribution in [2.45, 2.75) is 46.6 Å². The highest BCUT2D eigenvalue weighted by Crippen LogP contribution is 2.21. The van der Waals surface area contributed by atoms with Crippen molar-refractivity contribution < 1.29 is 14.0 Å². The fraction of sp³-hybridized carbons (Fsp3) is 0.652. The van der Waals surface area contributed by atoms with E-state index in [4.69, 9.17) is 0 Å². The van der Waals surface area contributed by atoms with Crippen molar-refractivity contribution in [3.8, 4) is 0 Å². The van der Waals surface area contributed by atoms with Gasteiger partial charge in [-0.3, -0.25) is 4.79 Å². The van der Waals surface area contributed by atoms with Gasteiger partial charge in [0.2, 0.25) is 5.91 Å². The molecule has 7 heteroatoms. The van der Waals surface area contributed by atoms with E-state index in [2.05, 4.69) is 36.3 Å². The predicted octanol–water partition coefficient (Wildman–Crippen LogP) is 3.23. The summed E-state index contributed by atoms with van der Waals surface area (Å²) >= 11 is 0. The largest absolute Gasteiger partial charge is 0.341 e. The number of carbonyl (C=O) groups is 2. The first-order chi connectivity index (χ1) is 14.4. The highest BCUT2D eigenvalue weighted by molar-refractivity contribution is 5.84. The van der Waals surface area contributed by atoms with Crippen LogP contribution in [0.4, 0.5) is 9.18 Å². The molecule has 0 spiro atoms. The molecule has 1 fully saturated rings. The SMILES string of the molecule is CCN(CCC1CCN(C(=O)CNC(=O)NCc2ccc(F)cc2)CC1)CC(C)C. The average molecular weight is 421 g/mol. The lowest BCUT2D eigenvalue weighted by molar-refractivity contribution is -0.131. The molecule has 2 rings (SSSR count). The summed E-state index contributed by atoms with van der Waals surface area (Å²) in [6.45, 7) is 11.9. The van der Waals surface area contributed by atoms with Crippen LogP contribution in [0.25, 0.3) is 0 Å². The molecule has 0 aliphatic carbocycles. The molecule has 1 aromatic carbocycles. The third-order valence-corrected chi connectivity index (χ3v) is 5.66. The molecular formula is C23H37FN4O2. The molecule has 3 amide bonds. The van der Waals surface area contributed by atoms with E-state index in [1.54, 1.807) is 12.1 Å². The van der Waals surface area contributed by atoms with Gasteiger partial charge in [0.1, 0.15) is 5.82 Å². The van der Waals surface area contributed by atoms with Crippen LogP contribution in [0.2, 0.25) is 0 Å². The number of amides is 3. The standard InChI is InChI=1S/C23H37FN4O2/c1-4-27(17-18(2)3)12-9-19-10-13-28(14-11-19)22(29)16-26-23(30)25-15-20-5-7-21(24)8-6-20/h5-8,18-19H,4,9-17H2,1-3H3,(H2,25,26,30). The van der Waals surface area contributed by atoms with Crippen LogP contribution in [-0.2, 0) is 11.3 Å². The maximum atomic E-state index is 12.9. The quantitative estimate of drug-likeness (QED) is 0.611. The number of rotatable bonds is 10. The van der Waals surface area contributed by atoms with Crippen LogP contribution >= 0.6 is 0 Å². The summed E-state index contributed by atoms with van der Waals surface area (Å²) in [5, 5.41) is 5.30. The number of nitrogens with zero attached hydrogens (tertiary/aromatic N) is 2. The van der Waals surface area contributed by atoms with Crippen LogP contribution in [0, 0.1) is 17.7 Å². The first kappa shape index (κ1) is 24.1. The second-order valence-corrected chi connectivity index (χ2v) is 8.56. The Kier molecular flexibility index (Phi) is 10.1. The summed E-state index contributed by atoms with van der Waals surface area (Å²) in [5.41, 5.74) is 0.801. The lowest BCUT2D eigenvalue weighted by Gasteiger charge is -2.33. The molecule has 0 aromatic heterocycles. The lowest BCUT2D eigenvalue weighted by Crippen LogP contribution is -2.46. The Bertz CT molecular complexity index is 658.